The first-order valence-corrected chi connectivity index (χ1v) is 10.3. The number of aromatic nitrogens is 1. The molecular weight excluding hydrogens is 356 g/mol. The van der Waals surface area contributed by atoms with E-state index >= 15 is 0 Å². The van der Waals surface area contributed by atoms with Crippen molar-refractivity contribution in [1.29, 1.82) is 0 Å². The number of nitrogens with zero attached hydrogens (tertiary/aromatic N) is 2. The van der Waals surface area contributed by atoms with Gasteiger partial charge in [0.1, 0.15) is 0 Å². The fourth-order valence-corrected chi connectivity index (χ4v) is 4.79. The third-order valence-corrected chi connectivity index (χ3v) is 5.99. The predicted molar refractivity (Wildman–Crippen MR) is 103 cm³/mol. The first-order valence-electron chi connectivity index (χ1n) is 9.11. The summed E-state index contributed by atoms with van der Waals surface area (Å²) in [6.45, 7) is 3.96. The molecule has 4 nitrogen and oxygen atoms in total. The van der Waals surface area contributed by atoms with Gasteiger partial charge in [-0.25, -0.2) is 0 Å². The number of ether oxygens (including phenoxy) is 1. The van der Waals surface area contributed by atoms with Crippen molar-refractivity contribution in [1.82, 2.24) is 4.57 Å². The molecule has 3 rings (SSSR count). The highest BCUT2D eigenvalue weighted by Crippen LogP contribution is 2.26. The molecule has 1 aromatic heterocycles. The Balaban J connectivity index is 1.86. The smallest absolute Gasteiger partial charge is 0.248 e. The van der Waals surface area contributed by atoms with E-state index in [1.165, 1.54) is 30.6 Å². The lowest BCUT2D eigenvalue weighted by atomic mass is 9.87. The van der Waals surface area contributed by atoms with Crippen molar-refractivity contribution < 1.29 is 9.53 Å². The number of carbonyl (C=O) groups excluding carboxylic acids is 1. The molecule has 0 spiro atoms. The van der Waals surface area contributed by atoms with Crippen molar-refractivity contribution in [3.05, 3.63) is 28.0 Å². The molecule has 0 unspecified atom stereocenters. The molecule has 1 amide bonds. The molecule has 0 aliphatic heterocycles. The third kappa shape index (κ3) is 4.93. The van der Waals surface area contributed by atoms with Gasteiger partial charge < -0.3 is 9.30 Å². The normalized spacial score (nSPS) is 16.6. The van der Waals surface area contributed by atoms with Gasteiger partial charge in [0.25, 0.3) is 0 Å². The Hall–Kier alpha value is -1.17. The van der Waals surface area contributed by atoms with Crippen LogP contribution in [0.15, 0.2) is 23.2 Å². The summed E-state index contributed by atoms with van der Waals surface area (Å²) in [4.78, 5) is 17.7. The van der Waals surface area contributed by atoms with Crippen LogP contribution in [0.5, 0.6) is 0 Å². The minimum absolute atomic E-state index is 0.00490. The number of thiazole rings is 1. The lowest BCUT2D eigenvalue weighted by Crippen LogP contribution is -2.20. The van der Waals surface area contributed by atoms with E-state index in [2.05, 4.69) is 9.56 Å². The van der Waals surface area contributed by atoms with E-state index in [1.807, 2.05) is 25.1 Å². The van der Waals surface area contributed by atoms with Crippen LogP contribution in [0.3, 0.4) is 0 Å². The molecule has 136 valence electrons. The zero-order valence-electron chi connectivity index (χ0n) is 14.7. The summed E-state index contributed by atoms with van der Waals surface area (Å²) in [6, 6.07) is 5.80. The van der Waals surface area contributed by atoms with Crippen LogP contribution in [0.2, 0.25) is 5.02 Å². The van der Waals surface area contributed by atoms with Gasteiger partial charge in [0.2, 0.25) is 5.91 Å². The van der Waals surface area contributed by atoms with E-state index in [1.54, 1.807) is 0 Å². The molecule has 1 aliphatic carbocycles. The maximum absolute atomic E-state index is 12.5. The Morgan fingerprint density at radius 1 is 1.36 bits per heavy atom. The van der Waals surface area contributed by atoms with Crippen LogP contribution in [-0.4, -0.2) is 23.7 Å². The van der Waals surface area contributed by atoms with Crippen molar-refractivity contribution in [2.75, 3.05) is 13.2 Å². The van der Waals surface area contributed by atoms with Crippen molar-refractivity contribution >= 4 is 39.1 Å². The maximum atomic E-state index is 12.5. The first-order chi connectivity index (χ1) is 12.2. The van der Waals surface area contributed by atoms with E-state index in [0.717, 1.165) is 27.9 Å². The fraction of sp³-hybridized carbons (Fsp3) is 0.579. The lowest BCUT2D eigenvalue weighted by molar-refractivity contribution is -0.119. The second-order valence-corrected chi connectivity index (χ2v) is 8.00. The van der Waals surface area contributed by atoms with Gasteiger partial charge in [-0.1, -0.05) is 42.2 Å². The monoisotopic (exact) mass is 380 g/mol. The van der Waals surface area contributed by atoms with E-state index in [0.29, 0.717) is 37.1 Å². The van der Waals surface area contributed by atoms with Gasteiger partial charge in [-0.3, -0.25) is 4.79 Å². The van der Waals surface area contributed by atoms with E-state index in [-0.39, 0.29) is 5.91 Å². The highest BCUT2D eigenvalue weighted by Gasteiger charge is 2.17. The molecule has 1 aliphatic rings. The molecule has 1 aromatic carbocycles. The molecule has 0 saturated heterocycles. The summed E-state index contributed by atoms with van der Waals surface area (Å²) >= 11 is 7.64. The van der Waals surface area contributed by atoms with E-state index in [4.69, 9.17) is 16.3 Å². The van der Waals surface area contributed by atoms with E-state index in [9.17, 15) is 4.79 Å². The zero-order chi connectivity index (χ0) is 17.6. The molecule has 1 saturated carbocycles. The number of benzene rings is 1. The largest absolute Gasteiger partial charge is 0.380 e. The van der Waals surface area contributed by atoms with Gasteiger partial charge in [-0.15, -0.1) is 0 Å². The lowest BCUT2D eigenvalue weighted by Gasteiger charge is -2.19. The molecule has 0 bridgehead atoms. The number of hydrogen-bond donors (Lipinski definition) is 0. The number of halogens is 1. The molecule has 0 atom stereocenters. The minimum atomic E-state index is -0.00490. The van der Waals surface area contributed by atoms with Crippen LogP contribution in [0, 0.1) is 5.92 Å². The second-order valence-electron chi connectivity index (χ2n) is 6.56. The maximum Gasteiger partial charge on any atom is 0.248 e. The Labute approximate surface area is 157 Å². The van der Waals surface area contributed by atoms with Gasteiger partial charge >= 0.3 is 0 Å². The Bertz CT molecular complexity index is 790. The predicted octanol–water partition coefficient (Wildman–Crippen LogP) is 4.79. The Kier molecular flexibility index (Phi) is 6.68. The topological polar surface area (TPSA) is 43.6 Å². The molecular formula is C19H25ClN2O2S. The average molecular weight is 381 g/mol. The Morgan fingerprint density at radius 2 is 2.16 bits per heavy atom. The molecule has 2 aromatic rings. The van der Waals surface area contributed by atoms with Crippen molar-refractivity contribution in [3.8, 4) is 0 Å². The highest BCUT2D eigenvalue weighted by molar-refractivity contribution is 7.16. The number of carbonyl (C=O) groups is 1. The second kappa shape index (κ2) is 8.97. The van der Waals surface area contributed by atoms with Crippen LogP contribution >= 0.6 is 22.9 Å². The number of hydrogen-bond acceptors (Lipinski definition) is 3. The van der Waals surface area contributed by atoms with Gasteiger partial charge in [-0.2, -0.15) is 4.99 Å². The summed E-state index contributed by atoms with van der Waals surface area (Å²) in [5.41, 5.74) is 1.05. The third-order valence-electron chi connectivity index (χ3n) is 4.72. The standard InChI is InChI=1S/C19H25ClN2O2S/c1-2-24-11-10-22-16-9-8-15(20)13-17(16)25-19(22)21-18(23)12-14-6-4-3-5-7-14/h8-9,13-14H,2-7,10-12H2,1H3. The highest BCUT2D eigenvalue weighted by atomic mass is 35.5. The van der Waals surface area contributed by atoms with Gasteiger partial charge in [0.05, 0.1) is 16.8 Å². The first kappa shape index (κ1) is 18.6. The van der Waals surface area contributed by atoms with Crippen LogP contribution in [-0.2, 0) is 16.1 Å². The van der Waals surface area contributed by atoms with Crippen LogP contribution in [0.25, 0.3) is 10.2 Å². The molecule has 25 heavy (non-hydrogen) atoms. The molecule has 0 N–H and O–H groups in total. The van der Waals surface area contributed by atoms with Crippen LogP contribution in [0.4, 0.5) is 0 Å². The van der Waals surface area contributed by atoms with Gasteiger partial charge in [-0.05, 0) is 43.9 Å². The molecule has 1 fully saturated rings. The van der Waals surface area contributed by atoms with Gasteiger partial charge in [0.15, 0.2) is 4.80 Å². The number of amides is 1. The van der Waals surface area contributed by atoms with Crippen LogP contribution < -0.4 is 4.80 Å². The fourth-order valence-electron chi connectivity index (χ4n) is 3.44. The summed E-state index contributed by atoms with van der Waals surface area (Å²) in [7, 11) is 0. The SMILES string of the molecule is CCOCCn1c(=NC(=O)CC2CCCCC2)sc2cc(Cl)ccc21. The summed E-state index contributed by atoms with van der Waals surface area (Å²) < 4.78 is 8.62. The molecule has 1 heterocycles. The summed E-state index contributed by atoms with van der Waals surface area (Å²) in [5, 5.41) is 0.700. The quantitative estimate of drug-likeness (QED) is 0.676. The van der Waals surface area contributed by atoms with Crippen molar-refractivity contribution in [2.24, 2.45) is 10.9 Å². The number of rotatable bonds is 6. The van der Waals surface area contributed by atoms with Crippen molar-refractivity contribution in [3.63, 3.8) is 0 Å². The average Bonchev–Trinajstić information content (AvgIpc) is 2.92. The van der Waals surface area contributed by atoms with Crippen molar-refractivity contribution in [2.45, 2.75) is 52.0 Å². The Morgan fingerprint density at radius 3 is 2.92 bits per heavy atom. The van der Waals surface area contributed by atoms with Crippen LogP contribution in [0.1, 0.15) is 45.4 Å². The summed E-state index contributed by atoms with van der Waals surface area (Å²) in [6.07, 6.45) is 6.68. The van der Waals surface area contributed by atoms with Gasteiger partial charge in [0, 0.05) is 24.6 Å². The zero-order valence-corrected chi connectivity index (χ0v) is 16.2. The molecule has 0 radical (unpaired) electrons. The molecule has 6 heteroatoms. The summed E-state index contributed by atoms with van der Waals surface area (Å²) in [5.74, 6) is 0.500. The van der Waals surface area contributed by atoms with E-state index < -0.39 is 0 Å². The minimum Gasteiger partial charge on any atom is -0.380 e. The number of fused-ring (bicyclic) bond motifs is 1.